The van der Waals surface area contributed by atoms with E-state index in [-0.39, 0.29) is 33.6 Å². The molecule has 12 heteroatoms. The molecule has 218 valence electrons. The number of rotatable bonds is 9. The van der Waals surface area contributed by atoms with Crippen molar-refractivity contribution in [2.24, 2.45) is 5.92 Å². The van der Waals surface area contributed by atoms with Crippen LogP contribution in [0.1, 0.15) is 24.9 Å². The number of benzene rings is 3. The van der Waals surface area contributed by atoms with E-state index in [1.54, 1.807) is 6.07 Å². The van der Waals surface area contributed by atoms with Gasteiger partial charge in [-0.05, 0) is 24.1 Å². The Kier molecular flexibility index (Phi) is 8.92. The number of nitrogens with zero attached hydrogens (tertiary/aromatic N) is 1. The normalized spacial score (nSPS) is 16.6. The number of phenolic OH excluding ortho intramolecular Hbond substituents is 2. The minimum atomic E-state index is -3.74. The highest BCUT2D eigenvalue weighted by Crippen LogP contribution is 2.43. The van der Waals surface area contributed by atoms with Crippen molar-refractivity contribution in [2.45, 2.75) is 24.3 Å². The number of esters is 1. The van der Waals surface area contributed by atoms with E-state index in [9.17, 15) is 28.2 Å². The average Bonchev–Trinajstić information content (AvgIpc) is 3.08. The smallest absolute Gasteiger partial charge is 0.333 e. The number of para-hydroxylation sites is 2. The summed E-state index contributed by atoms with van der Waals surface area (Å²) >= 11 is 0. The molecule has 4 rings (SSSR count). The summed E-state index contributed by atoms with van der Waals surface area (Å²) in [5.41, 5.74) is 1.18. The first kappa shape index (κ1) is 29.5. The first-order valence-corrected chi connectivity index (χ1v) is 14.5. The first-order chi connectivity index (χ1) is 19.6. The third kappa shape index (κ3) is 6.32. The number of sulfone groups is 1. The van der Waals surface area contributed by atoms with Crippen LogP contribution >= 0.6 is 0 Å². The van der Waals surface area contributed by atoms with Crippen LogP contribution in [0.15, 0.2) is 65.6 Å². The van der Waals surface area contributed by atoms with Gasteiger partial charge in [0.25, 0.3) is 5.91 Å². The lowest BCUT2D eigenvalue weighted by atomic mass is 10.1. The maximum absolute atomic E-state index is 13.5. The predicted octanol–water partition coefficient (Wildman–Crippen LogP) is 3.47. The molecule has 11 nitrogen and oxygen atoms in total. The number of aromatic hydroxyl groups is 2. The molecule has 3 aromatic rings. The first-order valence-electron chi connectivity index (χ1n) is 12.9. The van der Waals surface area contributed by atoms with E-state index in [1.165, 1.54) is 31.4 Å². The molecule has 0 aliphatic carbocycles. The van der Waals surface area contributed by atoms with Crippen LogP contribution in [-0.4, -0.2) is 63.6 Å². The Morgan fingerprint density at radius 2 is 1.78 bits per heavy atom. The SMILES string of the molecule is CCC1CN(c2ccccc2)c2cc(OC)c(OCC(=O)NC(C(=O)OC)c3cccc(O)c3O)cc2S(=O)(=O)C1. The van der Waals surface area contributed by atoms with Crippen molar-refractivity contribution in [3.63, 3.8) is 0 Å². The molecule has 0 saturated heterocycles. The minimum absolute atomic E-state index is 0.0164. The number of methoxy groups -OCH3 is 2. The molecule has 0 spiro atoms. The molecule has 0 bridgehead atoms. The van der Waals surface area contributed by atoms with Gasteiger partial charge in [-0.3, -0.25) is 4.79 Å². The Morgan fingerprint density at radius 1 is 1.05 bits per heavy atom. The molecule has 1 aliphatic rings. The number of amides is 1. The Bertz CT molecular complexity index is 1530. The Hall–Kier alpha value is -4.45. The molecule has 0 radical (unpaired) electrons. The number of carbonyl (C=O) groups is 2. The molecule has 2 atom stereocenters. The second kappa shape index (κ2) is 12.4. The van der Waals surface area contributed by atoms with E-state index in [1.807, 2.05) is 42.2 Å². The summed E-state index contributed by atoms with van der Waals surface area (Å²) in [6, 6.07) is 14.9. The minimum Gasteiger partial charge on any atom is -0.504 e. The number of hydrogen-bond donors (Lipinski definition) is 3. The van der Waals surface area contributed by atoms with Crippen molar-refractivity contribution in [1.82, 2.24) is 5.32 Å². The lowest BCUT2D eigenvalue weighted by molar-refractivity contribution is -0.145. The van der Waals surface area contributed by atoms with Crippen molar-refractivity contribution in [2.75, 3.05) is 38.0 Å². The summed E-state index contributed by atoms with van der Waals surface area (Å²) < 4.78 is 43.0. The molecule has 1 heterocycles. The van der Waals surface area contributed by atoms with Crippen LogP contribution in [0, 0.1) is 5.92 Å². The summed E-state index contributed by atoms with van der Waals surface area (Å²) in [5, 5.41) is 22.4. The number of phenols is 2. The largest absolute Gasteiger partial charge is 0.504 e. The van der Waals surface area contributed by atoms with E-state index in [0.717, 1.165) is 12.8 Å². The van der Waals surface area contributed by atoms with Crippen LogP contribution in [0.3, 0.4) is 0 Å². The van der Waals surface area contributed by atoms with Crippen LogP contribution in [0.4, 0.5) is 11.4 Å². The van der Waals surface area contributed by atoms with E-state index >= 15 is 0 Å². The molecule has 41 heavy (non-hydrogen) atoms. The second-order valence-corrected chi connectivity index (χ2v) is 11.5. The fourth-order valence-corrected chi connectivity index (χ4v) is 6.60. The zero-order valence-corrected chi connectivity index (χ0v) is 23.7. The lowest BCUT2D eigenvalue weighted by Crippen LogP contribution is -2.37. The monoisotopic (exact) mass is 584 g/mol. The fraction of sp³-hybridized carbons (Fsp3) is 0.310. The molecular formula is C29H32N2O9S. The van der Waals surface area contributed by atoms with Crippen LogP contribution in [-0.2, 0) is 24.2 Å². The van der Waals surface area contributed by atoms with E-state index in [2.05, 4.69) is 5.32 Å². The van der Waals surface area contributed by atoms with E-state index in [0.29, 0.717) is 18.7 Å². The highest BCUT2D eigenvalue weighted by atomic mass is 32.2. The molecule has 1 aliphatic heterocycles. The standard InChI is InChI=1S/C29H32N2O9S/c1-4-18-15-31(19-9-6-5-7-10-19)21-13-23(38-2)24(14-25(21)41(36,37)17-18)40-16-26(33)30-27(29(35)39-3)20-11-8-12-22(32)28(20)34/h5-14,18,27,32,34H,4,15-17H2,1-3H3,(H,30,33). The molecule has 3 aromatic carbocycles. The van der Waals surface area contributed by atoms with Crippen LogP contribution < -0.4 is 19.7 Å². The van der Waals surface area contributed by atoms with Gasteiger partial charge in [0.2, 0.25) is 0 Å². The van der Waals surface area contributed by atoms with Crippen molar-refractivity contribution in [3.05, 3.63) is 66.2 Å². The number of fused-ring (bicyclic) bond motifs is 1. The molecule has 0 aromatic heterocycles. The molecule has 0 saturated carbocycles. The van der Waals surface area contributed by atoms with Crippen molar-refractivity contribution < 1.29 is 42.4 Å². The zero-order valence-electron chi connectivity index (χ0n) is 22.9. The third-order valence-corrected chi connectivity index (χ3v) is 8.78. The maximum Gasteiger partial charge on any atom is 0.333 e. The van der Waals surface area contributed by atoms with E-state index in [4.69, 9.17) is 14.2 Å². The highest BCUT2D eigenvalue weighted by Gasteiger charge is 2.34. The number of ether oxygens (including phenoxy) is 3. The van der Waals surface area contributed by atoms with Gasteiger partial charge in [0.1, 0.15) is 0 Å². The van der Waals surface area contributed by atoms with Gasteiger partial charge in [0.05, 0.1) is 30.6 Å². The van der Waals surface area contributed by atoms with Gasteiger partial charge in [-0.1, -0.05) is 43.7 Å². The third-order valence-electron chi connectivity index (χ3n) is 6.87. The Labute approximate surface area is 238 Å². The summed E-state index contributed by atoms with van der Waals surface area (Å²) in [6.45, 7) is 1.81. The van der Waals surface area contributed by atoms with Crippen LogP contribution in [0.5, 0.6) is 23.0 Å². The second-order valence-electron chi connectivity index (χ2n) is 9.50. The van der Waals surface area contributed by atoms with Crippen LogP contribution in [0.2, 0.25) is 0 Å². The lowest BCUT2D eigenvalue weighted by Gasteiger charge is -2.27. The van der Waals surface area contributed by atoms with Gasteiger partial charge < -0.3 is 34.6 Å². The number of carbonyl (C=O) groups excluding carboxylic acids is 2. The molecule has 2 unspecified atom stereocenters. The summed E-state index contributed by atoms with van der Waals surface area (Å²) in [6.07, 6.45) is 0.660. The van der Waals surface area contributed by atoms with Gasteiger partial charge in [0.15, 0.2) is 45.5 Å². The number of hydrogen-bond acceptors (Lipinski definition) is 10. The summed E-state index contributed by atoms with van der Waals surface area (Å²) in [5.74, 6) is -2.69. The van der Waals surface area contributed by atoms with Crippen molar-refractivity contribution in [1.29, 1.82) is 0 Å². The summed E-state index contributed by atoms with van der Waals surface area (Å²) in [7, 11) is -1.22. The van der Waals surface area contributed by atoms with Gasteiger partial charge in [-0.25, -0.2) is 13.2 Å². The summed E-state index contributed by atoms with van der Waals surface area (Å²) in [4.78, 5) is 27.2. The van der Waals surface area contributed by atoms with Gasteiger partial charge in [0, 0.05) is 29.9 Å². The quantitative estimate of drug-likeness (QED) is 0.252. The van der Waals surface area contributed by atoms with E-state index < -0.39 is 45.9 Å². The maximum atomic E-state index is 13.5. The fourth-order valence-electron chi connectivity index (χ4n) is 4.68. The molecule has 0 fully saturated rings. The van der Waals surface area contributed by atoms with Gasteiger partial charge >= 0.3 is 5.97 Å². The van der Waals surface area contributed by atoms with Crippen LogP contribution in [0.25, 0.3) is 0 Å². The highest BCUT2D eigenvalue weighted by molar-refractivity contribution is 7.91. The van der Waals surface area contributed by atoms with Gasteiger partial charge in [-0.15, -0.1) is 0 Å². The number of anilines is 2. The zero-order chi connectivity index (χ0) is 29.7. The predicted molar refractivity (Wildman–Crippen MR) is 150 cm³/mol. The molecule has 3 N–H and O–H groups in total. The van der Waals surface area contributed by atoms with Crippen molar-refractivity contribution in [3.8, 4) is 23.0 Å². The van der Waals surface area contributed by atoms with Gasteiger partial charge in [-0.2, -0.15) is 0 Å². The number of nitrogens with one attached hydrogen (secondary N) is 1. The Balaban J connectivity index is 1.65. The topological polar surface area (TPSA) is 152 Å². The van der Waals surface area contributed by atoms with Crippen molar-refractivity contribution >= 4 is 33.1 Å². The Morgan fingerprint density at radius 3 is 2.44 bits per heavy atom. The molecular weight excluding hydrogens is 552 g/mol. The molecule has 1 amide bonds. The average molecular weight is 585 g/mol.